The van der Waals surface area contributed by atoms with E-state index in [-0.39, 0.29) is 24.7 Å². The Bertz CT molecular complexity index is 1610. The summed E-state index contributed by atoms with van der Waals surface area (Å²) in [5, 5.41) is 21.8. The Kier molecular flexibility index (Phi) is 9.32. The van der Waals surface area contributed by atoms with Crippen molar-refractivity contribution in [3.63, 3.8) is 0 Å². The molecule has 42 heavy (non-hydrogen) atoms. The van der Waals surface area contributed by atoms with Gasteiger partial charge in [0.15, 0.2) is 11.7 Å². The smallest absolute Gasteiger partial charge is 0.338 e. The highest BCUT2D eigenvalue weighted by Crippen LogP contribution is 2.34. The number of nitrogens with one attached hydrogen (secondary N) is 3. The van der Waals surface area contributed by atoms with Crippen LogP contribution in [0, 0.1) is 24.0 Å². The predicted molar refractivity (Wildman–Crippen MR) is 159 cm³/mol. The number of benzene rings is 2. The summed E-state index contributed by atoms with van der Waals surface area (Å²) in [5.41, 5.74) is 5.81. The number of hydrazone groups is 1. The van der Waals surface area contributed by atoms with Gasteiger partial charge in [-0.05, 0) is 75.3 Å². The first kappa shape index (κ1) is 29.9. The topological polar surface area (TPSA) is 157 Å². The maximum Gasteiger partial charge on any atom is 0.338 e. The molecule has 0 aliphatic carbocycles. The quantitative estimate of drug-likeness (QED) is 0.102. The maximum atomic E-state index is 12.7. The third kappa shape index (κ3) is 6.81. The standard InChI is InChI=1S/C29H29N5O7S/c1-5-39-28(36)26-18(4)31-29(42)32-27(26)20-8-6-7-9-23(20)40-15-25(35)33-30-14-19-10-11-24(41-19)21-12-16(2)17(3)13-22(21)34(37)38/h6-14,27H,5,15H2,1-4H3,(H,33,35)(H2,31,32,42)/t27-/m1/s1. The normalized spacial score (nSPS) is 14.8. The molecule has 1 aromatic heterocycles. The Labute approximate surface area is 246 Å². The van der Waals surface area contributed by atoms with Crippen LogP contribution in [0.1, 0.15) is 42.3 Å². The number of rotatable bonds is 10. The minimum absolute atomic E-state index is 0.0665. The number of furan rings is 1. The van der Waals surface area contributed by atoms with E-state index < -0.39 is 22.8 Å². The molecule has 0 bridgehead atoms. The molecule has 12 nitrogen and oxygen atoms in total. The van der Waals surface area contributed by atoms with Crippen LogP contribution in [0.4, 0.5) is 5.69 Å². The molecule has 1 aliphatic heterocycles. The van der Waals surface area contributed by atoms with Crippen LogP contribution in [0.2, 0.25) is 0 Å². The molecule has 0 unspecified atom stereocenters. The van der Waals surface area contributed by atoms with Crippen molar-refractivity contribution in [3.8, 4) is 17.1 Å². The number of amides is 1. The zero-order chi connectivity index (χ0) is 30.4. The van der Waals surface area contributed by atoms with Crippen LogP contribution in [-0.2, 0) is 14.3 Å². The van der Waals surface area contributed by atoms with Gasteiger partial charge in [-0.1, -0.05) is 18.2 Å². The fourth-order valence-electron chi connectivity index (χ4n) is 4.32. The van der Waals surface area contributed by atoms with Crippen molar-refractivity contribution in [2.45, 2.75) is 33.7 Å². The molecule has 2 heterocycles. The number of nitrogens with zero attached hydrogens (tertiary/aromatic N) is 2. The first-order valence-electron chi connectivity index (χ1n) is 12.9. The third-order valence-electron chi connectivity index (χ3n) is 6.44. The first-order valence-corrected chi connectivity index (χ1v) is 13.3. The summed E-state index contributed by atoms with van der Waals surface area (Å²) < 4.78 is 16.7. The van der Waals surface area contributed by atoms with E-state index in [1.54, 1.807) is 63.2 Å². The number of nitro groups is 1. The van der Waals surface area contributed by atoms with Crippen molar-refractivity contribution in [2.75, 3.05) is 13.2 Å². The molecule has 2 aromatic carbocycles. The van der Waals surface area contributed by atoms with Crippen LogP contribution in [0.25, 0.3) is 11.3 Å². The SMILES string of the molecule is CCOC(=O)C1=C(C)NC(=S)N[C@@H]1c1ccccc1OCC(=O)NN=Cc1ccc(-c2cc(C)c(C)cc2[N+](=O)[O-])o1. The molecular formula is C29H29N5O7S. The monoisotopic (exact) mass is 591 g/mol. The van der Waals surface area contributed by atoms with E-state index in [0.717, 1.165) is 11.1 Å². The van der Waals surface area contributed by atoms with Crippen LogP contribution < -0.4 is 20.8 Å². The average molecular weight is 592 g/mol. The molecule has 0 fully saturated rings. The van der Waals surface area contributed by atoms with E-state index in [0.29, 0.717) is 39.0 Å². The zero-order valence-corrected chi connectivity index (χ0v) is 24.2. The number of para-hydroxylation sites is 1. The number of ether oxygens (including phenoxy) is 2. The van der Waals surface area contributed by atoms with Gasteiger partial charge < -0.3 is 24.5 Å². The van der Waals surface area contributed by atoms with E-state index in [9.17, 15) is 19.7 Å². The molecule has 1 amide bonds. The second-order valence-corrected chi connectivity index (χ2v) is 9.73. The van der Waals surface area contributed by atoms with Gasteiger partial charge in [0.25, 0.3) is 11.6 Å². The van der Waals surface area contributed by atoms with Gasteiger partial charge in [-0.25, -0.2) is 10.2 Å². The highest BCUT2D eigenvalue weighted by atomic mass is 32.1. The minimum atomic E-state index is -0.656. The van der Waals surface area contributed by atoms with E-state index >= 15 is 0 Å². The molecule has 4 rings (SSSR count). The number of allylic oxidation sites excluding steroid dienone is 1. The van der Waals surface area contributed by atoms with Crippen molar-refractivity contribution in [1.82, 2.24) is 16.1 Å². The molecule has 0 saturated heterocycles. The van der Waals surface area contributed by atoms with Crippen LogP contribution >= 0.6 is 12.2 Å². The molecule has 0 saturated carbocycles. The summed E-state index contributed by atoms with van der Waals surface area (Å²) in [6, 6.07) is 12.7. The van der Waals surface area contributed by atoms with Gasteiger partial charge in [0, 0.05) is 17.3 Å². The Balaban J connectivity index is 1.42. The number of hydrogen-bond donors (Lipinski definition) is 3. The fraction of sp³-hybridized carbons (Fsp3) is 0.241. The van der Waals surface area contributed by atoms with E-state index in [1.807, 2.05) is 6.92 Å². The summed E-state index contributed by atoms with van der Waals surface area (Å²) in [6.45, 7) is 6.94. The molecule has 13 heteroatoms. The Morgan fingerprint density at radius 1 is 1.17 bits per heavy atom. The molecule has 3 aromatic rings. The Hall–Kier alpha value is -5.04. The van der Waals surface area contributed by atoms with Gasteiger partial charge in [0.1, 0.15) is 17.3 Å². The van der Waals surface area contributed by atoms with Gasteiger partial charge in [0.05, 0.1) is 34.9 Å². The van der Waals surface area contributed by atoms with Crippen LogP contribution in [-0.4, -0.2) is 41.3 Å². The second-order valence-electron chi connectivity index (χ2n) is 9.32. The third-order valence-corrected chi connectivity index (χ3v) is 6.66. The van der Waals surface area contributed by atoms with Gasteiger partial charge in [-0.2, -0.15) is 5.10 Å². The number of carbonyl (C=O) groups excluding carboxylic acids is 2. The summed E-state index contributed by atoms with van der Waals surface area (Å²) >= 11 is 5.29. The summed E-state index contributed by atoms with van der Waals surface area (Å²) in [4.78, 5) is 36.3. The van der Waals surface area contributed by atoms with Gasteiger partial charge in [0.2, 0.25) is 0 Å². The minimum Gasteiger partial charge on any atom is -0.483 e. The van der Waals surface area contributed by atoms with Crippen LogP contribution in [0.3, 0.4) is 0 Å². The second kappa shape index (κ2) is 13.1. The summed E-state index contributed by atoms with van der Waals surface area (Å²) in [6.07, 6.45) is 1.28. The lowest BCUT2D eigenvalue weighted by atomic mass is 9.95. The van der Waals surface area contributed by atoms with E-state index in [4.69, 9.17) is 26.1 Å². The van der Waals surface area contributed by atoms with Crippen molar-refractivity contribution in [2.24, 2.45) is 5.10 Å². The first-order chi connectivity index (χ1) is 20.1. The Morgan fingerprint density at radius 2 is 1.90 bits per heavy atom. The molecule has 3 N–H and O–H groups in total. The molecule has 0 radical (unpaired) electrons. The lowest BCUT2D eigenvalue weighted by Crippen LogP contribution is -2.45. The van der Waals surface area contributed by atoms with Crippen molar-refractivity contribution in [3.05, 3.63) is 92.4 Å². The van der Waals surface area contributed by atoms with E-state index in [2.05, 4.69) is 21.2 Å². The van der Waals surface area contributed by atoms with Crippen molar-refractivity contribution >= 4 is 41.1 Å². The number of aryl methyl sites for hydroxylation is 2. The number of esters is 1. The maximum absolute atomic E-state index is 12.7. The number of carbonyl (C=O) groups is 2. The largest absolute Gasteiger partial charge is 0.483 e. The highest BCUT2D eigenvalue weighted by molar-refractivity contribution is 7.80. The highest BCUT2D eigenvalue weighted by Gasteiger charge is 2.32. The van der Waals surface area contributed by atoms with Crippen LogP contribution in [0.5, 0.6) is 5.75 Å². The molecule has 1 atom stereocenters. The lowest BCUT2D eigenvalue weighted by molar-refractivity contribution is -0.384. The lowest BCUT2D eigenvalue weighted by Gasteiger charge is -2.30. The zero-order valence-electron chi connectivity index (χ0n) is 23.3. The summed E-state index contributed by atoms with van der Waals surface area (Å²) in [7, 11) is 0. The number of thiocarbonyl (C=S) groups is 1. The number of hydrogen-bond acceptors (Lipinski definition) is 9. The average Bonchev–Trinajstić information content (AvgIpc) is 3.41. The summed E-state index contributed by atoms with van der Waals surface area (Å²) in [5.74, 6) is -0.110. The van der Waals surface area contributed by atoms with Crippen molar-refractivity contribution in [1.29, 1.82) is 0 Å². The molecule has 218 valence electrons. The fourth-order valence-corrected chi connectivity index (χ4v) is 4.59. The van der Waals surface area contributed by atoms with Crippen LogP contribution in [0.15, 0.2) is 69.3 Å². The Morgan fingerprint density at radius 3 is 2.64 bits per heavy atom. The molecule has 1 aliphatic rings. The van der Waals surface area contributed by atoms with Gasteiger partial charge >= 0.3 is 5.97 Å². The van der Waals surface area contributed by atoms with Gasteiger partial charge in [-0.3, -0.25) is 14.9 Å². The number of nitro benzene ring substituents is 1. The van der Waals surface area contributed by atoms with E-state index in [1.165, 1.54) is 12.3 Å². The molecular weight excluding hydrogens is 562 g/mol. The van der Waals surface area contributed by atoms with Gasteiger partial charge in [-0.15, -0.1) is 0 Å². The molecule has 0 spiro atoms. The predicted octanol–water partition coefficient (Wildman–Crippen LogP) is 4.36. The van der Waals surface area contributed by atoms with Crippen molar-refractivity contribution < 1.29 is 28.4 Å².